The van der Waals surface area contributed by atoms with Crippen LogP contribution in [-0.4, -0.2) is 41.1 Å². The third kappa shape index (κ3) is 3.53. The minimum atomic E-state index is -0.247. The van der Waals surface area contributed by atoms with Crippen LogP contribution in [0.4, 0.5) is 5.69 Å². The van der Waals surface area contributed by atoms with Crippen LogP contribution in [0.15, 0.2) is 30.6 Å². The van der Waals surface area contributed by atoms with Crippen molar-refractivity contribution in [2.75, 3.05) is 25.1 Å². The van der Waals surface area contributed by atoms with E-state index >= 15 is 0 Å². The van der Waals surface area contributed by atoms with Gasteiger partial charge in [0.15, 0.2) is 18.1 Å². The Morgan fingerprint density at radius 1 is 1.46 bits per heavy atom. The number of anilines is 1. The average molecular weight is 357 g/mol. The van der Waals surface area contributed by atoms with E-state index in [9.17, 15) is 4.79 Å². The lowest BCUT2D eigenvalue weighted by atomic mass is 10.0. The number of fused-ring (bicyclic) bond motifs is 1. The standard InChI is InChI=1S/C19H23N3O4/c1-19(2)8-13-4-3-5-16(18(13)26-19)25-12-17(23)21-14-9-20-22(10-14)15-6-7-24-11-15/h3-5,9-10,15H,6-8,11-12H2,1-2H3,(H,21,23)/t15-/m0/s1. The van der Waals surface area contributed by atoms with Crippen molar-refractivity contribution in [1.29, 1.82) is 0 Å². The first kappa shape index (κ1) is 16.9. The number of hydrogen-bond acceptors (Lipinski definition) is 5. The highest BCUT2D eigenvalue weighted by atomic mass is 16.5. The maximum atomic E-state index is 12.2. The number of nitrogens with one attached hydrogen (secondary N) is 1. The number of nitrogens with zero attached hydrogens (tertiary/aromatic N) is 2. The van der Waals surface area contributed by atoms with Gasteiger partial charge < -0.3 is 19.5 Å². The Kier molecular flexibility index (Phi) is 4.32. The van der Waals surface area contributed by atoms with E-state index in [2.05, 4.69) is 10.4 Å². The summed E-state index contributed by atoms with van der Waals surface area (Å²) in [6.45, 7) is 5.40. The molecule has 0 unspecified atom stereocenters. The third-order valence-electron chi connectivity index (χ3n) is 4.58. The van der Waals surface area contributed by atoms with Crippen LogP contribution in [0.2, 0.25) is 0 Å². The average Bonchev–Trinajstić information content (AvgIpc) is 3.30. The number of amides is 1. The number of carbonyl (C=O) groups excluding carboxylic acids is 1. The highest BCUT2D eigenvalue weighted by Gasteiger charge is 2.32. The van der Waals surface area contributed by atoms with Crippen molar-refractivity contribution in [2.24, 2.45) is 0 Å². The number of hydrogen-bond donors (Lipinski definition) is 1. The second kappa shape index (κ2) is 6.64. The van der Waals surface area contributed by atoms with Crippen molar-refractivity contribution < 1.29 is 19.0 Å². The highest BCUT2D eigenvalue weighted by Crippen LogP contribution is 2.41. The molecular weight excluding hydrogens is 334 g/mol. The predicted molar refractivity (Wildman–Crippen MR) is 95.7 cm³/mol. The van der Waals surface area contributed by atoms with Gasteiger partial charge in [-0.05, 0) is 26.3 Å². The zero-order valence-corrected chi connectivity index (χ0v) is 15.0. The van der Waals surface area contributed by atoms with Crippen LogP contribution < -0.4 is 14.8 Å². The van der Waals surface area contributed by atoms with Gasteiger partial charge in [-0.15, -0.1) is 0 Å². The molecule has 3 heterocycles. The molecule has 1 fully saturated rings. The molecule has 1 aromatic heterocycles. The van der Waals surface area contributed by atoms with Crippen molar-refractivity contribution in [2.45, 2.75) is 38.3 Å². The molecule has 138 valence electrons. The Labute approximate surface area is 152 Å². The molecule has 7 nitrogen and oxygen atoms in total. The smallest absolute Gasteiger partial charge is 0.262 e. The molecule has 1 atom stereocenters. The third-order valence-corrected chi connectivity index (χ3v) is 4.58. The minimum absolute atomic E-state index is 0.0854. The first-order chi connectivity index (χ1) is 12.5. The fourth-order valence-corrected chi connectivity index (χ4v) is 3.37. The van der Waals surface area contributed by atoms with Gasteiger partial charge in [0, 0.05) is 24.8 Å². The van der Waals surface area contributed by atoms with Crippen LogP contribution in [0.5, 0.6) is 11.5 Å². The summed E-state index contributed by atoms with van der Waals surface area (Å²) in [6.07, 6.45) is 5.23. The van der Waals surface area contributed by atoms with Crippen LogP contribution in [0, 0.1) is 0 Å². The van der Waals surface area contributed by atoms with Crippen LogP contribution >= 0.6 is 0 Å². The summed E-state index contributed by atoms with van der Waals surface area (Å²) >= 11 is 0. The molecule has 26 heavy (non-hydrogen) atoms. The summed E-state index contributed by atoms with van der Waals surface area (Å²) in [5.41, 5.74) is 1.51. The normalized spacial score (nSPS) is 20.5. The van der Waals surface area contributed by atoms with Gasteiger partial charge in [-0.3, -0.25) is 9.48 Å². The quantitative estimate of drug-likeness (QED) is 0.890. The van der Waals surface area contributed by atoms with Crippen LogP contribution in [0.25, 0.3) is 0 Å². The van der Waals surface area contributed by atoms with E-state index < -0.39 is 0 Å². The van der Waals surface area contributed by atoms with E-state index in [1.54, 1.807) is 6.20 Å². The van der Waals surface area contributed by atoms with E-state index in [1.807, 2.05) is 42.9 Å². The monoisotopic (exact) mass is 357 g/mol. The summed E-state index contributed by atoms with van der Waals surface area (Å²) in [6, 6.07) is 6.01. The van der Waals surface area contributed by atoms with Gasteiger partial charge >= 0.3 is 0 Å². The van der Waals surface area contributed by atoms with Gasteiger partial charge in [-0.25, -0.2) is 0 Å². The van der Waals surface area contributed by atoms with Crippen LogP contribution in [0.3, 0.4) is 0 Å². The van der Waals surface area contributed by atoms with Gasteiger partial charge in [-0.1, -0.05) is 12.1 Å². The van der Waals surface area contributed by atoms with Gasteiger partial charge in [0.05, 0.1) is 24.5 Å². The molecule has 1 amide bonds. The molecule has 0 saturated carbocycles. The zero-order valence-electron chi connectivity index (χ0n) is 15.0. The Morgan fingerprint density at radius 2 is 2.35 bits per heavy atom. The fourth-order valence-electron chi connectivity index (χ4n) is 3.37. The van der Waals surface area contributed by atoms with Crippen molar-refractivity contribution in [1.82, 2.24) is 9.78 Å². The van der Waals surface area contributed by atoms with Crippen molar-refractivity contribution in [3.63, 3.8) is 0 Å². The van der Waals surface area contributed by atoms with E-state index in [1.165, 1.54) is 0 Å². The molecule has 2 aromatic rings. The first-order valence-electron chi connectivity index (χ1n) is 8.86. The van der Waals surface area contributed by atoms with Crippen LogP contribution in [0.1, 0.15) is 31.9 Å². The van der Waals surface area contributed by atoms with Crippen molar-refractivity contribution in [3.05, 3.63) is 36.2 Å². The van der Waals surface area contributed by atoms with E-state index in [-0.39, 0.29) is 24.2 Å². The van der Waals surface area contributed by atoms with Crippen molar-refractivity contribution in [3.8, 4) is 11.5 Å². The van der Waals surface area contributed by atoms with Crippen LogP contribution in [-0.2, 0) is 16.0 Å². The van der Waals surface area contributed by atoms with Crippen molar-refractivity contribution >= 4 is 11.6 Å². The minimum Gasteiger partial charge on any atom is -0.483 e. The Balaban J connectivity index is 1.35. The summed E-state index contributed by atoms with van der Waals surface area (Å²) in [5.74, 6) is 1.10. The zero-order chi connectivity index (χ0) is 18.1. The summed E-state index contributed by atoms with van der Waals surface area (Å²) < 4.78 is 18.9. The second-order valence-electron chi connectivity index (χ2n) is 7.35. The van der Waals surface area contributed by atoms with E-state index in [0.29, 0.717) is 18.0 Å². The molecule has 2 aliphatic heterocycles. The summed E-state index contributed by atoms with van der Waals surface area (Å²) in [4.78, 5) is 12.2. The lowest BCUT2D eigenvalue weighted by Gasteiger charge is -2.18. The predicted octanol–water partition coefficient (Wildman–Crippen LogP) is 2.58. The van der Waals surface area contributed by atoms with E-state index in [4.69, 9.17) is 14.2 Å². The van der Waals surface area contributed by atoms with Gasteiger partial charge in [0.1, 0.15) is 5.60 Å². The second-order valence-corrected chi connectivity index (χ2v) is 7.35. The molecule has 1 saturated heterocycles. The SMILES string of the molecule is CC1(C)Cc2cccc(OCC(=O)Nc3cnn([C@H]4CCOC4)c3)c2O1. The maximum Gasteiger partial charge on any atom is 0.262 e. The molecule has 0 bridgehead atoms. The molecule has 7 heteroatoms. The largest absolute Gasteiger partial charge is 0.483 e. The fraction of sp³-hybridized carbons (Fsp3) is 0.474. The molecule has 2 aliphatic rings. The van der Waals surface area contributed by atoms with E-state index in [0.717, 1.165) is 30.8 Å². The molecule has 0 aliphatic carbocycles. The molecule has 1 aromatic carbocycles. The number of ether oxygens (including phenoxy) is 3. The Hall–Kier alpha value is -2.54. The molecule has 0 radical (unpaired) electrons. The molecule has 0 spiro atoms. The number of rotatable bonds is 5. The molecule has 4 rings (SSSR count). The Bertz CT molecular complexity index is 809. The lowest BCUT2D eigenvalue weighted by molar-refractivity contribution is -0.118. The number of para-hydroxylation sites is 1. The highest BCUT2D eigenvalue weighted by molar-refractivity contribution is 5.91. The van der Waals surface area contributed by atoms with Gasteiger partial charge in [0.25, 0.3) is 5.91 Å². The first-order valence-corrected chi connectivity index (χ1v) is 8.86. The Morgan fingerprint density at radius 3 is 3.15 bits per heavy atom. The summed E-state index contributed by atoms with van der Waals surface area (Å²) in [5, 5.41) is 7.10. The molecule has 1 N–H and O–H groups in total. The lowest BCUT2D eigenvalue weighted by Crippen LogP contribution is -2.25. The maximum absolute atomic E-state index is 12.2. The number of aromatic nitrogens is 2. The topological polar surface area (TPSA) is 74.6 Å². The number of carbonyl (C=O) groups is 1. The van der Waals surface area contributed by atoms with Gasteiger partial charge in [0.2, 0.25) is 0 Å². The summed E-state index contributed by atoms with van der Waals surface area (Å²) in [7, 11) is 0. The molecular formula is C19H23N3O4. The van der Waals surface area contributed by atoms with Gasteiger partial charge in [-0.2, -0.15) is 5.10 Å². The number of benzene rings is 1.